The number of carboxylic acid groups (broad SMARTS) is 4. The van der Waals surface area contributed by atoms with Crippen molar-refractivity contribution in [2.24, 2.45) is 5.73 Å². The molecule has 304 valence electrons. The first-order valence-electron chi connectivity index (χ1n) is 18.3. The summed E-state index contributed by atoms with van der Waals surface area (Å²) in [7, 11) is 0. The summed E-state index contributed by atoms with van der Waals surface area (Å²) in [5.74, 6) is -4.74. The Kier molecular flexibility index (Phi) is 34.2. The molecule has 1 unspecified atom stereocenters. The molecule has 1 saturated heterocycles. The van der Waals surface area contributed by atoms with E-state index in [1.54, 1.807) is 33.4 Å². The third kappa shape index (κ3) is 31.6. The molecule has 0 saturated carbocycles. The summed E-state index contributed by atoms with van der Waals surface area (Å²) in [6.45, 7) is 24.3. The molecule has 7 N–H and O–H groups in total. The van der Waals surface area contributed by atoms with Crippen LogP contribution in [0.1, 0.15) is 95.9 Å². The van der Waals surface area contributed by atoms with E-state index in [0.717, 1.165) is 0 Å². The van der Waals surface area contributed by atoms with Crippen LogP contribution in [0.5, 0.6) is 0 Å². The second-order valence-corrected chi connectivity index (χ2v) is 12.4. The zero-order valence-electron chi connectivity index (χ0n) is 33.8. The Morgan fingerprint density at radius 3 is 1.25 bits per heavy atom. The number of nitrogens with one attached hydrogen (secondary N) is 1. The van der Waals surface area contributed by atoms with Crippen molar-refractivity contribution in [2.75, 3.05) is 85.2 Å². The summed E-state index contributed by atoms with van der Waals surface area (Å²) >= 11 is 0. The number of carbonyl (C=O) groups excluding carboxylic acids is 1. The standard InChI is InChI=1S/C27H50N6O10.4C2H6/c1-26(2,28)18-43-19-27(3,4)29-21(34)6-5-20(25(41)42)33-13-11-31(16-23(37)38)9-7-30(15-22(35)36)8-10-32(12-14-33)17-24(39)40;4*1-2/h20H,5-19,28H2,1-4H3,(H,29,34)(H,35,36)(H,37,38)(H,39,40)(H,41,42);4*1-2H3. The molecule has 16 nitrogen and oxygen atoms in total. The summed E-state index contributed by atoms with van der Waals surface area (Å²) in [5.41, 5.74) is 4.67. The van der Waals surface area contributed by atoms with E-state index >= 15 is 0 Å². The van der Waals surface area contributed by atoms with Crippen molar-refractivity contribution in [1.82, 2.24) is 24.9 Å². The second kappa shape index (κ2) is 31.8. The van der Waals surface area contributed by atoms with E-state index in [1.807, 2.05) is 69.2 Å². The molecular weight excluding hydrogens is 664 g/mol. The third-order valence-electron chi connectivity index (χ3n) is 6.73. The van der Waals surface area contributed by atoms with E-state index in [9.17, 15) is 44.4 Å². The van der Waals surface area contributed by atoms with Crippen LogP contribution in [0.25, 0.3) is 0 Å². The van der Waals surface area contributed by atoms with E-state index in [-0.39, 0.29) is 104 Å². The summed E-state index contributed by atoms with van der Waals surface area (Å²) in [6, 6.07) is -1.09. The Hall–Kier alpha value is -2.89. The summed E-state index contributed by atoms with van der Waals surface area (Å²) < 4.78 is 5.62. The van der Waals surface area contributed by atoms with Gasteiger partial charge in [0.1, 0.15) is 6.04 Å². The molecule has 1 amide bonds. The minimum atomic E-state index is -1.16. The SMILES string of the molecule is CC.CC.CC.CC.CC(C)(N)COCC(C)(C)NC(=O)CCC(C(=O)O)N1CCN(CC(=O)O)CCN(CC(=O)O)CCN(CC(=O)O)CC1. The normalized spacial score (nSPS) is 15.9. The molecule has 1 aliphatic heterocycles. The van der Waals surface area contributed by atoms with Crippen LogP contribution in [-0.4, -0.2) is 172 Å². The largest absolute Gasteiger partial charge is 0.480 e. The molecule has 1 fully saturated rings. The van der Waals surface area contributed by atoms with Crippen LogP contribution in [0.3, 0.4) is 0 Å². The van der Waals surface area contributed by atoms with Gasteiger partial charge in [0.05, 0.1) is 38.4 Å². The highest BCUT2D eigenvalue weighted by Crippen LogP contribution is 2.12. The lowest BCUT2D eigenvalue weighted by Crippen LogP contribution is -2.52. The summed E-state index contributed by atoms with van der Waals surface area (Å²) in [6.07, 6.45) is -0.126. The van der Waals surface area contributed by atoms with Gasteiger partial charge in [-0.05, 0) is 34.1 Å². The number of ether oxygens (including phenoxy) is 1. The lowest BCUT2D eigenvalue weighted by Gasteiger charge is -2.35. The van der Waals surface area contributed by atoms with Crippen molar-refractivity contribution >= 4 is 29.8 Å². The minimum Gasteiger partial charge on any atom is -0.480 e. The molecule has 0 bridgehead atoms. The number of aliphatic carboxylic acids is 4. The van der Waals surface area contributed by atoms with Crippen LogP contribution in [-0.2, 0) is 28.7 Å². The number of amides is 1. The molecule has 0 spiro atoms. The minimum absolute atomic E-state index is 0.0296. The number of carboxylic acids is 4. The predicted molar refractivity (Wildman–Crippen MR) is 201 cm³/mol. The van der Waals surface area contributed by atoms with Crippen LogP contribution in [0.15, 0.2) is 0 Å². The Balaban J connectivity index is -0.00000128. The molecule has 51 heavy (non-hydrogen) atoms. The van der Waals surface area contributed by atoms with Crippen LogP contribution < -0.4 is 11.1 Å². The molecule has 0 aliphatic carbocycles. The molecular formula is C35H74N6O10. The fourth-order valence-corrected chi connectivity index (χ4v) is 4.69. The molecule has 0 aromatic heterocycles. The third-order valence-corrected chi connectivity index (χ3v) is 6.73. The van der Waals surface area contributed by atoms with Gasteiger partial charge in [-0.2, -0.15) is 0 Å². The van der Waals surface area contributed by atoms with Crippen LogP contribution >= 0.6 is 0 Å². The molecule has 1 aliphatic rings. The molecule has 1 atom stereocenters. The van der Waals surface area contributed by atoms with Crippen molar-refractivity contribution in [1.29, 1.82) is 0 Å². The Bertz CT molecular complexity index is 915. The van der Waals surface area contributed by atoms with Crippen molar-refractivity contribution in [3.8, 4) is 0 Å². The first kappa shape index (κ1) is 54.9. The molecule has 0 aromatic rings. The van der Waals surface area contributed by atoms with Gasteiger partial charge in [-0.3, -0.25) is 43.6 Å². The fraction of sp³-hybridized carbons (Fsp3) is 0.857. The van der Waals surface area contributed by atoms with Gasteiger partial charge in [0.15, 0.2) is 0 Å². The average molecular weight is 739 g/mol. The van der Waals surface area contributed by atoms with Crippen LogP contribution in [0, 0.1) is 0 Å². The van der Waals surface area contributed by atoms with Crippen molar-refractivity contribution in [3.05, 3.63) is 0 Å². The van der Waals surface area contributed by atoms with Gasteiger partial charge in [-0.1, -0.05) is 55.4 Å². The zero-order chi connectivity index (χ0) is 40.8. The average Bonchev–Trinajstić information content (AvgIpc) is 3.04. The van der Waals surface area contributed by atoms with Gasteiger partial charge in [0, 0.05) is 64.3 Å². The van der Waals surface area contributed by atoms with Gasteiger partial charge in [0.25, 0.3) is 0 Å². The van der Waals surface area contributed by atoms with Crippen molar-refractivity contribution < 1.29 is 49.1 Å². The van der Waals surface area contributed by atoms with E-state index in [4.69, 9.17) is 10.5 Å². The number of nitrogens with zero attached hydrogens (tertiary/aromatic N) is 4. The predicted octanol–water partition coefficient (Wildman–Crippen LogP) is 2.45. The van der Waals surface area contributed by atoms with Crippen molar-refractivity contribution in [3.63, 3.8) is 0 Å². The lowest BCUT2D eigenvalue weighted by atomic mass is 10.0. The summed E-state index contributed by atoms with van der Waals surface area (Å²) in [4.78, 5) is 66.0. The maximum Gasteiger partial charge on any atom is 0.320 e. The molecule has 16 heteroatoms. The summed E-state index contributed by atoms with van der Waals surface area (Å²) in [5, 5.41) is 41.1. The highest BCUT2D eigenvalue weighted by atomic mass is 16.5. The van der Waals surface area contributed by atoms with Gasteiger partial charge in [-0.25, -0.2) is 0 Å². The molecule has 1 heterocycles. The smallest absolute Gasteiger partial charge is 0.320 e. The highest BCUT2D eigenvalue weighted by molar-refractivity contribution is 5.79. The number of hydrogen-bond donors (Lipinski definition) is 6. The first-order chi connectivity index (χ1) is 23.9. The van der Waals surface area contributed by atoms with Crippen LogP contribution in [0.4, 0.5) is 0 Å². The number of rotatable bonds is 16. The second-order valence-electron chi connectivity index (χ2n) is 12.4. The van der Waals surface area contributed by atoms with Gasteiger partial charge >= 0.3 is 23.9 Å². The van der Waals surface area contributed by atoms with Crippen LogP contribution in [0.2, 0.25) is 0 Å². The van der Waals surface area contributed by atoms with E-state index < -0.39 is 41.0 Å². The number of nitrogens with two attached hydrogens (primary N) is 1. The molecule has 0 aromatic carbocycles. The van der Waals surface area contributed by atoms with E-state index in [2.05, 4.69) is 5.32 Å². The Labute approximate surface area is 307 Å². The zero-order valence-corrected chi connectivity index (χ0v) is 33.8. The van der Waals surface area contributed by atoms with Gasteiger partial charge < -0.3 is 36.2 Å². The lowest BCUT2D eigenvalue weighted by molar-refractivity contribution is -0.145. The number of carbonyl (C=O) groups is 5. The Morgan fingerprint density at radius 1 is 0.627 bits per heavy atom. The van der Waals surface area contributed by atoms with E-state index in [1.165, 1.54) is 0 Å². The first-order valence-corrected chi connectivity index (χ1v) is 18.3. The maximum absolute atomic E-state index is 12.8. The topological polar surface area (TPSA) is 227 Å². The van der Waals surface area contributed by atoms with E-state index in [0.29, 0.717) is 0 Å². The maximum atomic E-state index is 12.8. The Morgan fingerprint density at radius 2 is 0.961 bits per heavy atom. The highest BCUT2D eigenvalue weighted by Gasteiger charge is 2.30. The fourth-order valence-electron chi connectivity index (χ4n) is 4.69. The quantitative estimate of drug-likeness (QED) is 0.134. The van der Waals surface area contributed by atoms with Gasteiger partial charge in [0.2, 0.25) is 5.91 Å². The van der Waals surface area contributed by atoms with Gasteiger partial charge in [-0.15, -0.1) is 0 Å². The molecule has 0 radical (unpaired) electrons. The number of hydrogen-bond acceptors (Lipinski definition) is 11. The van der Waals surface area contributed by atoms with Crippen molar-refractivity contribution in [2.45, 2.75) is 113 Å². The molecule has 1 rings (SSSR count). The monoisotopic (exact) mass is 739 g/mol.